The molecule has 3 nitrogen and oxygen atoms in total. The highest BCUT2D eigenvalue weighted by atomic mass is 19.4. The van der Waals surface area contributed by atoms with E-state index >= 15 is 0 Å². The minimum atomic E-state index is -4.23. The normalized spacial score (nSPS) is 20.1. The molecule has 20 heavy (non-hydrogen) atoms. The van der Waals surface area contributed by atoms with E-state index in [4.69, 9.17) is 4.74 Å². The van der Waals surface area contributed by atoms with Crippen molar-refractivity contribution in [1.29, 1.82) is 0 Å². The molecule has 0 aromatic heterocycles. The minimum absolute atomic E-state index is 0.0621. The van der Waals surface area contributed by atoms with E-state index in [1.54, 1.807) is 34.6 Å². The van der Waals surface area contributed by atoms with Gasteiger partial charge in [-0.05, 0) is 39.5 Å². The van der Waals surface area contributed by atoms with Gasteiger partial charge in [0.05, 0.1) is 5.41 Å². The summed E-state index contributed by atoms with van der Waals surface area (Å²) in [5, 5.41) is 0. The zero-order valence-electron chi connectivity index (χ0n) is 12.8. The predicted octanol–water partition coefficient (Wildman–Crippen LogP) is 4.22. The molecular weight excluding hydrogens is 271 g/mol. The molecular formula is C14H24F3NO2. The van der Waals surface area contributed by atoms with Crippen LogP contribution in [-0.2, 0) is 4.74 Å². The van der Waals surface area contributed by atoms with Crippen molar-refractivity contribution in [2.75, 3.05) is 13.1 Å². The molecule has 1 rings (SSSR count). The van der Waals surface area contributed by atoms with Gasteiger partial charge >= 0.3 is 12.3 Å². The Morgan fingerprint density at radius 2 is 1.60 bits per heavy atom. The molecule has 1 aliphatic rings. The second kappa shape index (κ2) is 5.45. The lowest BCUT2D eigenvalue weighted by Crippen LogP contribution is -2.52. The summed E-state index contributed by atoms with van der Waals surface area (Å²) in [6, 6.07) is 0. The van der Waals surface area contributed by atoms with Crippen molar-refractivity contribution < 1.29 is 22.7 Å². The number of carbonyl (C=O) groups excluding carboxylic acids is 1. The van der Waals surface area contributed by atoms with E-state index in [9.17, 15) is 18.0 Å². The van der Waals surface area contributed by atoms with Gasteiger partial charge in [0.25, 0.3) is 0 Å². The highest BCUT2D eigenvalue weighted by Crippen LogP contribution is 2.51. The van der Waals surface area contributed by atoms with Crippen LogP contribution in [0.1, 0.15) is 47.5 Å². The number of halogens is 3. The van der Waals surface area contributed by atoms with Gasteiger partial charge in [-0.25, -0.2) is 4.79 Å². The first-order valence-corrected chi connectivity index (χ1v) is 6.94. The number of carbonyl (C=O) groups is 1. The van der Waals surface area contributed by atoms with Gasteiger partial charge in [-0.15, -0.1) is 0 Å². The third kappa shape index (κ3) is 3.58. The maximum absolute atomic E-state index is 13.3. The molecule has 0 bridgehead atoms. The van der Waals surface area contributed by atoms with Crippen LogP contribution in [0.15, 0.2) is 0 Å². The average molecular weight is 295 g/mol. The topological polar surface area (TPSA) is 29.5 Å². The van der Waals surface area contributed by atoms with Crippen LogP contribution in [0.4, 0.5) is 18.0 Å². The van der Waals surface area contributed by atoms with Crippen LogP contribution >= 0.6 is 0 Å². The summed E-state index contributed by atoms with van der Waals surface area (Å²) >= 11 is 0. The fraction of sp³-hybridized carbons (Fsp3) is 0.929. The largest absolute Gasteiger partial charge is 0.444 e. The molecule has 0 aromatic carbocycles. The number of ether oxygens (including phenoxy) is 1. The number of nitrogens with zero attached hydrogens (tertiary/aromatic N) is 1. The molecule has 0 saturated carbocycles. The number of piperidine rings is 1. The Bertz CT molecular complexity index is 350. The van der Waals surface area contributed by atoms with Crippen molar-refractivity contribution in [2.45, 2.75) is 59.2 Å². The second-order valence-corrected chi connectivity index (χ2v) is 6.78. The van der Waals surface area contributed by atoms with E-state index in [1.807, 2.05) is 0 Å². The Balaban J connectivity index is 2.73. The van der Waals surface area contributed by atoms with Gasteiger partial charge in [0.15, 0.2) is 0 Å². The number of alkyl halides is 3. The molecule has 1 amide bonds. The molecule has 1 saturated heterocycles. The Kier molecular flexibility index (Phi) is 4.66. The zero-order chi connectivity index (χ0) is 15.8. The van der Waals surface area contributed by atoms with Crippen molar-refractivity contribution in [1.82, 2.24) is 4.90 Å². The molecule has 0 aliphatic carbocycles. The molecule has 0 unspecified atom stereocenters. The van der Waals surface area contributed by atoms with Gasteiger partial charge in [0, 0.05) is 13.1 Å². The SMILES string of the molecule is CC(C)C1(C(F)(F)F)CCN(C(=O)OC(C)(C)C)CC1. The van der Waals surface area contributed by atoms with Gasteiger partial charge < -0.3 is 9.64 Å². The molecule has 118 valence electrons. The number of amides is 1. The molecule has 1 aliphatic heterocycles. The van der Waals surface area contributed by atoms with Crippen LogP contribution in [0.5, 0.6) is 0 Å². The number of rotatable bonds is 1. The number of hydrogen-bond donors (Lipinski definition) is 0. The molecule has 0 aromatic rings. The summed E-state index contributed by atoms with van der Waals surface area (Å²) < 4.78 is 45.1. The van der Waals surface area contributed by atoms with Crippen LogP contribution in [-0.4, -0.2) is 35.9 Å². The fourth-order valence-corrected chi connectivity index (χ4v) is 2.60. The van der Waals surface area contributed by atoms with E-state index in [2.05, 4.69) is 0 Å². The van der Waals surface area contributed by atoms with Crippen molar-refractivity contribution in [3.8, 4) is 0 Å². The van der Waals surface area contributed by atoms with Gasteiger partial charge in [-0.3, -0.25) is 0 Å². The summed E-state index contributed by atoms with van der Waals surface area (Å²) in [5.74, 6) is -0.497. The molecule has 6 heteroatoms. The van der Waals surface area contributed by atoms with Gasteiger partial charge in [0.2, 0.25) is 0 Å². The Morgan fingerprint density at radius 1 is 1.15 bits per heavy atom. The monoisotopic (exact) mass is 295 g/mol. The summed E-state index contributed by atoms with van der Waals surface area (Å²) in [6.07, 6.45) is -4.89. The van der Waals surface area contributed by atoms with Gasteiger partial charge in [0.1, 0.15) is 5.60 Å². The van der Waals surface area contributed by atoms with E-state index in [0.29, 0.717) is 0 Å². The third-order valence-corrected chi connectivity index (χ3v) is 3.98. The second-order valence-electron chi connectivity index (χ2n) is 6.78. The Morgan fingerprint density at radius 3 is 1.90 bits per heavy atom. The lowest BCUT2D eigenvalue weighted by atomic mass is 9.69. The van der Waals surface area contributed by atoms with Crippen molar-refractivity contribution in [3.63, 3.8) is 0 Å². The molecule has 0 atom stereocenters. The molecule has 0 N–H and O–H groups in total. The summed E-state index contributed by atoms with van der Waals surface area (Å²) in [5.41, 5.74) is -2.32. The van der Waals surface area contributed by atoms with Crippen molar-refractivity contribution in [3.05, 3.63) is 0 Å². The highest BCUT2D eigenvalue weighted by molar-refractivity contribution is 5.68. The first-order valence-electron chi connectivity index (χ1n) is 6.94. The van der Waals surface area contributed by atoms with Crippen molar-refractivity contribution in [2.24, 2.45) is 11.3 Å². The minimum Gasteiger partial charge on any atom is -0.444 e. The Hall–Kier alpha value is -0.940. The molecule has 0 radical (unpaired) electrons. The van der Waals surface area contributed by atoms with Crippen LogP contribution in [0.3, 0.4) is 0 Å². The van der Waals surface area contributed by atoms with Gasteiger partial charge in [-0.1, -0.05) is 13.8 Å². The summed E-state index contributed by atoms with van der Waals surface area (Å²) in [4.78, 5) is 13.2. The predicted molar refractivity (Wildman–Crippen MR) is 70.4 cm³/mol. The highest BCUT2D eigenvalue weighted by Gasteiger charge is 2.57. The van der Waals surface area contributed by atoms with Gasteiger partial charge in [-0.2, -0.15) is 13.2 Å². The van der Waals surface area contributed by atoms with E-state index < -0.39 is 29.2 Å². The standard InChI is InChI=1S/C14H24F3NO2/c1-10(2)13(14(15,16)17)6-8-18(9-7-13)11(19)20-12(3,4)5/h10H,6-9H2,1-5H3. The van der Waals surface area contributed by atoms with E-state index in [0.717, 1.165) is 0 Å². The summed E-state index contributed by atoms with van der Waals surface area (Å²) in [7, 11) is 0. The van der Waals surface area contributed by atoms with Crippen LogP contribution in [0, 0.1) is 11.3 Å². The zero-order valence-corrected chi connectivity index (χ0v) is 12.8. The lowest BCUT2D eigenvalue weighted by Gasteiger charge is -2.45. The third-order valence-electron chi connectivity index (χ3n) is 3.98. The maximum Gasteiger partial charge on any atom is 0.410 e. The molecule has 1 fully saturated rings. The quantitative estimate of drug-likeness (QED) is 0.725. The average Bonchev–Trinajstić information content (AvgIpc) is 2.25. The first-order chi connectivity index (χ1) is 8.89. The Labute approximate surface area is 118 Å². The molecule has 1 heterocycles. The van der Waals surface area contributed by atoms with E-state index in [1.165, 1.54) is 4.90 Å². The van der Waals surface area contributed by atoms with Crippen molar-refractivity contribution >= 4 is 6.09 Å². The van der Waals surface area contributed by atoms with Crippen LogP contribution in [0.25, 0.3) is 0 Å². The number of hydrogen-bond acceptors (Lipinski definition) is 2. The van der Waals surface area contributed by atoms with Crippen LogP contribution < -0.4 is 0 Å². The lowest BCUT2D eigenvalue weighted by molar-refractivity contribution is -0.252. The first kappa shape index (κ1) is 17.1. The maximum atomic E-state index is 13.3. The molecule has 0 spiro atoms. The van der Waals surface area contributed by atoms with E-state index in [-0.39, 0.29) is 25.9 Å². The fourth-order valence-electron chi connectivity index (χ4n) is 2.60. The smallest absolute Gasteiger partial charge is 0.410 e. The summed E-state index contributed by atoms with van der Waals surface area (Å²) in [6.45, 7) is 8.58. The number of likely N-dealkylation sites (tertiary alicyclic amines) is 1. The van der Waals surface area contributed by atoms with Crippen LogP contribution in [0.2, 0.25) is 0 Å².